The molecule has 2 fully saturated rings. The lowest BCUT2D eigenvalue weighted by Gasteiger charge is -2.30. The fraction of sp³-hybridized carbons (Fsp3) is 0.522. The highest BCUT2D eigenvalue weighted by molar-refractivity contribution is 7.98. The summed E-state index contributed by atoms with van der Waals surface area (Å²) in [6.07, 6.45) is 7.65. The minimum Gasteiger partial charge on any atom is -0.483 e. The van der Waals surface area contributed by atoms with Gasteiger partial charge in [0, 0.05) is 18.4 Å². The molecule has 10 heteroatoms. The van der Waals surface area contributed by atoms with Crippen molar-refractivity contribution in [2.75, 3.05) is 0 Å². The van der Waals surface area contributed by atoms with Crippen LogP contribution in [0.4, 0.5) is 13.2 Å². The fourth-order valence-electron chi connectivity index (χ4n) is 5.46. The van der Waals surface area contributed by atoms with Gasteiger partial charge in [-0.2, -0.15) is 8.78 Å². The van der Waals surface area contributed by atoms with Crippen molar-refractivity contribution in [1.82, 2.24) is 24.3 Å². The summed E-state index contributed by atoms with van der Waals surface area (Å²) in [5.74, 6) is 2.83. The number of fused-ring (bicyclic) bond motifs is 2. The first-order valence-corrected chi connectivity index (χ1v) is 12.2. The lowest BCUT2D eigenvalue weighted by molar-refractivity contribution is 0.0678. The lowest BCUT2D eigenvalue weighted by atomic mass is 9.84. The normalized spacial score (nSPS) is 22.9. The number of halogens is 3. The van der Waals surface area contributed by atoms with E-state index in [2.05, 4.69) is 26.7 Å². The maximum Gasteiger partial charge on any atom is 0.319 e. The van der Waals surface area contributed by atoms with Crippen LogP contribution in [0.2, 0.25) is 0 Å². The van der Waals surface area contributed by atoms with Crippen molar-refractivity contribution in [2.24, 2.45) is 17.8 Å². The summed E-state index contributed by atoms with van der Waals surface area (Å²) in [7, 11) is 0. The summed E-state index contributed by atoms with van der Waals surface area (Å²) >= 11 is 1.33. The molecule has 5 rings (SSSR count). The Bertz CT molecular complexity index is 1100. The van der Waals surface area contributed by atoms with Gasteiger partial charge in [0.25, 0.3) is 0 Å². The molecule has 33 heavy (non-hydrogen) atoms. The maximum atomic E-state index is 14.0. The average Bonchev–Trinajstić information content (AvgIpc) is 3.60. The number of ether oxygens (including phenoxy) is 1. The van der Waals surface area contributed by atoms with E-state index in [0.717, 1.165) is 10.5 Å². The fourth-order valence-corrected chi connectivity index (χ4v) is 6.45. The average molecular weight is 478 g/mol. The third-order valence-electron chi connectivity index (χ3n) is 7.04. The van der Waals surface area contributed by atoms with Crippen LogP contribution < -0.4 is 4.74 Å². The molecular weight excluding hydrogens is 451 g/mol. The molecule has 6 nitrogen and oxygen atoms in total. The smallest absolute Gasteiger partial charge is 0.319 e. The molecule has 0 spiro atoms. The Hall–Kier alpha value is -2.49. The quantitative estimate of drug-likeness (QED) is 0.361. The van der Waals surface area contributed by atoms with Crippen molar-refractivity contribution >= 4 is 11.8 Å². The molecule has 1 aromatic carbocycles. The monoisotopic (exact) mass is 477 g/mol. The van der Waals surface area contributed by atoms with Gasteiger partial charge in [0.05, 0.1) is 5.75 Å². The molecule has 0 saturated heterocycles. The van der Waals surface area contributed by atoms with Crippen molar-refractivity contribution in [3.63, 3.8) is 0 Å². The first-order chi connectivity index (χ1) is 16.0. The lowest BCUT2D eigenvalue weighted by Crippen LogP contribution is -2.24. The van der Waals surface area contributed by atoms with Gasteiger partial charge in [0.2, 0.25) is 0 Å². The predicted octanol–water partition coefficient (Wildman–Crippen LogP) is 5.88. The van der Waals surface area contributed by atoms with E-state index in [4.69, 9.17) is 4.74 Å². The molecule has 4 unspecified atom stereocenters. The number of rotatable bonds is 9. The number of imidazole rings is 1. The Balaban J connectivity index is 1.39. The van der Waals surface area contributed by atoms with Crippen LogP contribution in [0.25, 0.3) is 0 Å². The molecule has 0 radical (unpaired) electrons. The van der Waals surface area contributed by atoms with Gasteiger partial charge in [-0.25, -0.2) is 9.37 Å². The second kappa shape index (κ2) is 9.40. The van der Waals surface area contributed by atoms with Crippen LogP contribution >= 0.6 is 11.8 Å². The SMILES string of the molecule is CC(C1CC2CCC1C2)n1c(COc2ccccc2F)nnc1SCc1nccn1C(F)F. The first-order valence-electron chi connectivity index (χ1n) is 11.2. The van der Waals surface area contributed by atoms with Gasteiger partial charge < -0.3 is 4.74 Å². The summed E-state index contributed by atoms with van der Waals surface area (Å²) in [4.78, 5) is 4.07. The third kappa shape index (κ3) is 4.49. The topological polar surface area (TPSA) is 57.8 Å². The van der Waals surface area contributed by atoms with Gasteiger partial charge >= 0.3 is 6.55 Å². The van der Waals surface area contributed by atoms with Crippen molar-refractivity contribution in [3.05, 3.63) is 54.1 Å². The standard InChI is InChI=1S/C23H26F3N5OS/c1-14(17-11-15-6-7-16(17)10-15)31-20(12-32-19-5-3-2-4-18(19)24)28-29-23(31)33-13-21-27-8-9-30(21)22(25)26/h2-5,8-9,14-17,22H,6-7,10-13H2,1H3. The molecule has 0 N–H and O–H groups in total. The molecule has 2 aliphatic rings. The number of aromatic nitrogens is 5. The Kier molecular flexibility index (Phi) is 6.36. The summed E-state index contributed by atoms with van der Waals surface area (Å²) in [6.45, 7) is -0.393. The van der Waals surface area contributed by atoms with Gasteiger partial charge in [-0.05, 0) is 56.1 Å². The van der Waals surface area contributed by atoms with E-state index < -0.39 is 12.4 Å². The zero-order chi connectivity index (χ0) is 22.9. The van der Waals surface area contributed by atoms with Gasteiger partial charge in [0.15, 0.2) is 22.5 Å². The first kappa shape index (κ1) is 22.3. The number of hydrogen-bond acceptors (Lipinski definition) is 5. The van der Waals surface area contributed by atoms with Crippen molar-refractivity contribution in [3.8, 4) is 5.75 Å². The van der Waals surface area contributed by atoms with Crippen molar-refractivity contribution in [2.45, 2.75) is 62.7 Å². The summed E-state index contributed by atoms with van der Waals surface area (Å²) < 4.78 is 49.1. The second-order valence-electron chi connectivity index (χ2n) is 8.88. The van der Waals surface area contributed by atoms with E-state index in [-0.39, 0.29) is 30.0 Å². The Labute approximate surface area is 194 Å². The number of benzene rings is 1. The van der Waals surface area contributed by atoms with Crippen LogP contribution in [0.5, 0.6) is 5.75 Å². The molecule has 2 aromatic heterocycles. The Morgan fingerprint density at radius 3 is 2.73 bits per heavy atom. The highest BCUT2D eigenvalue weighted by atomic mass is 32.2. The van der Waals surface area contributed by atoms with Crippen LogP contribution in [0.3, 0.4) is 0 Å². The van der Waals surface area contributed by atoms with E-state index in [1.165, 1.54) is 55.9 Å². The van der Waals surface area contributed by atoms with Crippen LogP contribution in [0, 0.1) is 23.6 Å². The van der Waals surface area contributed by atoms with Gasteiger partial charge in [-0.1, -0.05) is 30.3 Å². The highest BCUT2D eigenvalue weighted by Crippen LogP contribution is 2.52. The second-order valence-corrected chi connectivity index (χ2v) is 9.83. The highest BCUT2D eigenvalue weighted by Gasteiger charge is 2.43. The molecule has 0 amide bonds. The molecule has 176 valence electrons. The molecule has 4 atom stereocenters. The molecule has 2 saturated carbocycles. The third-order valence-corrected chi connectivity index (χ3v) is 7.98. The zero-order valence-corrected chi connectivity index (χ0v) is 19.1. The maximum absolute atomic E-state index is 14.0. The van der Waals surface area contributed by atoms with Crippen LogP contribution in [-0.4, -0.2) is 24.3 Å². The summed E-state index contributed by atoms with van der Waals surface area (Å²) in [5.41, 5.74) is 0. The number of hydrogen-bond donors (Lipinski definition) is 0. The minimum atomic E-state index is -2.64. The van der Waals surface area contributed by atoms with Crippen molar-refractivity contribution < 1.29 is 17.9 Å². The summed E-state index contributed by atoms with van der Waals surface area (Å²) in [5, 5.41) is 9.34. The van der Waals surface area contributed by atoms with E-state index in [9.17, 15) is 13.2 Å². The van der Waals surface area contributed by atoms with E-state index in [0.29, 0.717) is 22.8 Å². The van der Waals surface area contributed by atoms with E-state index in [1.807, 2.05) is 0 Å². The number of alkyl halides is 2. The minimum absolute atomic E-state index is 0.0747. The van der Waals surface area contributed by atoms with Crippen LogP contribution in [-0.2, 0) is 12.4 Å². The van der Waals surface area contributed by atoms with E-state index >= 15 is 0 Å². The van der Waals surface area contributed by atoms with Crippen LogP contribution in [0.15, 0.2) is 41.8 Å². The molecule has 0 aliphatic heterocycles. The predicted molar refractivity (Wildman–Crippen MR) is 117 cm³/mol. The molecule has 2 aliphatic carbocycles. The molecular formula is C23H26F3N5OS. The number of thioether (sulfide) groups is 1. The van der Waals surface area contributed by atoms with Gasteiger partial charge in [-0.15, -0.1) is 10.2 Å². The zero-order valence-electron chi connectivity index (χ0n) is 18.3. The van der Waals surface area contributed by atoms with Crippen LogP contribution in [0.1, 0.15) is 56.8 Å². The number of nitrogens with zero attached hydrogens (tertiary/aromatic N) is 5. The number of para-hydroxylation sites is 1. The molecule has 2 bridgehead atoms. The van der Waals surface area contributed by atoms with Crippen molar-refractivity contribution in [1.29, 1.82) is 0 Å². The summed E-state index contributed by atoms with van der Waals surface area (Å²) in [6, 6.07) is 6.39. The molecule has 3 aromatic rings. The van der Waals surface area contributed by atoms with Gasteiger partial charge in [0.1, 0.15) is 12.4 Å². The molecule has 2 heterocycles. The van der Waals surface area contributed by atoms with E-state index in [1.54, 1.807) is 18.2 Å². The Morgan fingerprint density at radius 2 is 2.00 bits per heavy atom. The van der Waals surface area contributed by atoms with Gasteiger partial charge in [-0.3, -0.25) is 9.13 Å². The Morgan fingerprint density at radius 1 is 1.15 bits per heavy atom. The largest absolute Gasteiger partial charge is 0.483 e.